The van der Waals surface area contributed by atoms with Crippen LogP contribution in [0.4, 0.5) is 0 Å². The lowest BCUT2D eigenvalue weighted by Gasteiger charge is -1.92. The molecule has 28 heavy (non-hydrogen) atoms. The van der Waals surface area contributed by atoms with Crippen molar-refractivity contribution >= 4 is 22.1 Å². The van der Waals surface area contributed by atoms with E-state index < -0.39 is 0 Å². The molecule has 0 amide bonds. The van der Waals surface area contributed by atoms with Crippen LogP contribution in [-0.4, -0.2) is 19.9 Å². The molecular formula is C24H18N4. The Morgan fingerprint density at radius 3 is 1.36 bits per heavy atom. The number of imidazole rings is 2. The van der Waals surface area contributed by atoms with E-state index in [0.717, 1.165) is 33.2 Å². The number of nitrogens with zero attached hydrogens (tertiary/aromatic N) is 2. The molecule has 0 bridgehead atoms. The van der Waals surface area contributed by atoms with Crippen LogP contribution in [0.15, 0.2) is 85.5 Å². The van der Waals surface area contributed by atoms with E-state index in [1.807, 2.05) is 72.8 Å². The standard InChI is InChI=1S/C10H6.2C7H6N2/c1-3-9-7-5-6-8-10(9)4-2;2*1-2-4-7-6(3-1)8-5-9-7/h1-2,5-8H;2*1-5H,(H,8,9). The fourth-order valence-electron chi connectivity index (χ4n) is 2.49. The van der Waals surface area contributed by atoms with E-state index in [4.69, 9.17) is 12.8 Å². The van der Waals surface area contributed by atoms with Gasteiger partial charge in [-0.05, 0) is 36.4 Å². The van der Waals surface area contributed by atoms with Crippen molar-refractivity contribution in [1.29, 1.82) is 0 Å². The Balaban J connectivity index is 0.000000121. The highest BCUT2D eigenvalue weighted by molar-refractivity contribution is 5.74. The molecule has 0 saturated carbocycles. The summed E-state index contributed by atoms with van der Waals surface area (Å²) in [5.41, 5.74) is 5.81. The maximum absolute atomic E-state index is 5.18. The number of para-hydroxylation sites is 4. The third-order valence-electron chi connectivity index (χ3n) is 3.89. The van der Waals surface area contributed by atoms with Gasteiger partial charge < -0.3 is 9.97 Å². The van der Waals surface area contributed by atoms with E-state index in [0.29, 0.717) is 0 Å². The highest BCUT2D eigenvalue weighted by Gasteiger charge is 1.91. The summed E-state index contributed by atoms with van der Waals surface area (Å²) < 4.78 is 0. The lowest BCUT2D eigenvalue weighted by Crippen LogP contribution is -1.79. The predicted molar refractivity (Wildman–Crippen MR) is 114 cm³/mol. The summed E-state index contributed by atoms with van der Waals surface area (Å²) >= 11 is 0. The van der Waals surface area contributed by atoms with Gasteiger partial charge in [-0.1, -0.05) is 48.2 Å². The summed E-state index contributed by atoms with van der Waals surface area (Å²) in [7, 11) is 0. The van der Waals surface area contributed by atoms with Crippen molar-refractivity contribution in [3.05, 3.63) is 96.6 Å². The Kier molecular flexibility index (Phi) is 6.23. The maximum Gasteiger partial charge on any atom is 0.0931 e. The first-order chi connectivity index (χ1) is 13.8. The van der Waals surface area contributed by atoms with Gasteiger partial charge in [-0.3, -0.25) is 0 Å². The van der Waals surface area contributed by atoms with Gasteiger partial charge in [0.1, 0.15) is 0 Å². The molecular weight excluding hydrogens is 344 g/mol. The lowest BCUT2D eigenvalue weighted by molar-refractivity contribution is 1.34. The van der Waals surface area contributed by atoms with Crippen LogP contribution < -0.4 is 0 Å². The van der Waals surface area contributed by atoms with E-state index >= 15 is 0 Å². The monoisotopic (exact) mass is 362 g/mol. The number of terminal acetylenes is 2. The topological polar surface area (TPSA) is 57.4 Å². The molecule has 134 valence electrons. The van der Waals surface area contributed by atoms with E-state index in [-0.39, 0.29) is 0 Å². The van der Waals surface area contributed by atoms with Crippen molar-refractivity contribution in [2.75, 3.05) is 0 Å². The molecule has 0 aliphatic heterocycles. The van der Waals surface area contributed by atoms with Crippen molar-refractivity contribution < 1.29 is 0 Å². The average Bonchev–Trinajstić information content (AvgIpc) is 3.43. The minimum Gasteiger partial charge on any atom is -0.345 e. The minimum atomic E-state index is 0.782. The van der Waals surface area contributed by atoms with Crippen LogP contribution in [-0.2, 0) is 0 Å². The molecule has 0 unspecified atom stereocenters. The molecule has 0 radical (unpaired) electrons. The van der Waals surface area contributed by atoms with Gasteiger partial charge in [0, 0.05) is 11.1 Å². The molecule has 0 aliphatic carbocycles. The number of benzene rings is 3. The molecule has 0 spiro atoms. The number of H-pyrrole nitrogens is 2. The predicted octanol–water partition coefficient (Wildman–Crippen LogP) is 4.78. The van der Waals surface area contributed by atoms with E-state index in [1.165, 1.54) is 0 Å². The number of hydrogen-bond acceptors (Lipinski definition) is 2. The van der Waals surface area contributed by atoms with Crippen LogP contribution in [0.2, 0.25) is 0 Å². The number of nitrogens with one attached hydrogen (secondary N) is 2. The van der Waals surface area contributed by atoms with Gasteiger partial charge in [0.15, 0.2) is 0 Å². The lowest BCUT2D eigenvalue weighted by atomic mass is 10.1. The molecule has 0 fully saturated rings. The third kappa shape index (κ3) is 4.66. The first-order valence-electron chi connectivity index (χ1n) is 8.60. The zero-order chi connectivity index (χ0) is 19.6. The number of aromatic nitrogens is 4. The fourth-order valence-corrected chi connectivity index (χ4v) is 2.49. The van der Waals surface area contributed by atoms with E-state index in [9.17, 15) is 0 Å². The van der Waals surface area contributed by atoms with Crippen molar-refractivity contribution in [3.63, 3.8) is 0 Å². The Morgan fingerprint density at radius 2 is 0.964 bits per heavy atom. The normalized spacial score (nSPS) is 9.36. The van der Waals surface area contributed by atoms with Crippen molar-refractivity contribution in [3.8, 4) is 24.7 Å². The Hall–Kier alpha value is -4.28. The van der Waals surface area contributed by atoms with Gasteiger partial charge >= 0.3 is 0 Å². The summed E-state index contributed by atoms with van der Waals surface area (Å²) in [4.78, 5) is 14.1. The average molecular weight is 362 g/mol. The van der Waals surface area contributed by atoms with Crippen LogP contribution >= 0.6 is 0 Å². The number of rotatable bonds is 0. The smallest absolute Gasteiger partial charge is 0.0931 e. The van der Waals surface area contributed by atoms with Gasteiger partial charge in [0.05, 0.1) is 34.7 Å². The molecule has 4 nitrogen and oxygen atoms in total. The molecule has 0 aliphatic rings. The van der Waals surface area contributed by atoms with Gasteiger partial charge in [-0.25, -0.2) is 9.97 Å². The van der Waals surface area contributed by atoms with Crippen LogP contribution in [0.3, 0.4) is 0 Å². The Bertz CT molecular complexity index is 1090. The SMILES string of the molecule is C#Cc1ccccc1C#C.c1ccc2[nH]cnc2c1.c1ccc2[nH]cnc2c1. The van der Waals surface area contributed by atoms with Crippen molar-refractivity contribution in [2.24, 2.45) is 0 Å². The molecule has 0 saturated heterocycles. The fraction of sp³-hybridized carbons (Fsp3) is 0. The van der Waals surface area contributed by atoms with E-state index in [1.54, 1.807) is 12.7 Å². The molecule has 0 atom stereocenters. The third-order valence-corrected chi connectivity index (χ3v) is 3.89. The molecule has 2 aromatic heterocycles. The molecule has 5 aromatic rings. The quantitative estimate of drug-likeness (QED) is 0.390. The van der Waals surface area contributed by atoms with Crippen molar-refractivity contribution in [1.82, 2.24) is 19.9 Å². The van der Waals surface area contributed by atoms with Crippen LogP contribution in [0.5, 0.6) is 0 Å². The Labute approximate surface area is 163 Å². The largest absolute Gasteiger partial charge is 0.345 e. The molecule has 2 N–H and O–H groups in total. The number of hydrogen-bond donors (Lipinski definition) is 2. The second-order valence-corrected chi connectivity index (χ2v) is 5.67. The van der Waals surface area contributed by atoms with Crippen molar-refractivity contribution in [2.45, 2.75) is 0 Å². The summed E-state index contributed by atoms with van der Waals surface area (Å²) in [6.45, 7) is 0. The van der Waals surface area contributed by atoms with Gasteiger partial charge in [-0.15, -0.1) is 12.8 Å². The first kappa shape index (κ1) is 18.5. The van der Waals surface area contributed by atoms with Crippen LogP contribution in [0, 0.1) is 24.7 Å². The van der Waals surface area contributed by atoms with Crippen LogP contribution in [0.25, 0.3) is 22.1 Å². The molecule has 3 aromatic carbocycles. The summed E-state index contributed by atoms with van der Waals surface area (Å²) in [6.07, 6.45) is 13.8. The zero-order valence-corrected chi connectivity index (χ0v) is 15.1. The second-order valence-electron chi connectivity index (χ2n) is 5.67. The molecule has 2 heterocycles. The van der Waals surface area contributed by atoms with E-state index in [2.05, 4.69) is 31.8 Å². The Morgan fingerprint density at radius 1 is 0.571 bits per heavy atom. The summed E-state index contributed by atoms with van der Waals surface area (Å²) in [5, 5.41) is 0. The number of fused-ring (bicyclic) bond motifs is 2. The van der Waals surface area contributed by atoms with Gasteiger partial charge in [0.25, 0.3) is 0 Å². The van der Waals surface area contributed by atoms with Gasteiger partial charge in [-0.2, -0.15) is 0 Å². The summed E-state index contributed by atoms with van der Waals surface area (Å²) in [5.74, 6) is 5.01. The second kappa shape index (κ2) is 9.43. The zero-order valence-electron chi connectivity index (χ0n) is 15.1. The highest BCUT2D eigenvalue weighted by Crippen LogP contribution is 2.06. The number of aromatic amines is 2. The maximum atomic E-state index is 5.18. The minimum absolute atomic E-state index is 0.782. The molecule has 4 heteroatoms. The summed E-state index contributed by atoms with van der Waals surface area (Å²) in [6, 6.07) is 23.3. The molecule has 5 rings (SSSR count). The first-order valence-corrected chi connectivity index (χ1v) is 8.60. The van der Waals surface area contributed by atoms with Crippen LogP contribution in [0.1, 0.15) is 11.1 Å². The van der Waals surface area contributed by atoms with Gasteiger partial charge in [0.2, 0.25) is 0 Å². The highest BCUT2D eigenvalue weighted by atomic mass is 14.9.